The summed E-state index contributed by atoms with van der Waals surface area (Å²) in [6.07, 6.45) is 3.96. The normalized spacial score (nSPS) is 24.7. The molecule has 0 saturated heterocycles. The van der Waals surface area contributed by atoms with Crippen LogP contribution in [-0.4, -0.2) is 28.8 Å². The molecular formula is C16H23NO3. The first-order chi connectivity index (χ1) is 9.72. The summed E-state index contributed by atoms with van der Waals surface area (Å²) in [6.45, 7) is 0.0897. The molecule has 0 aliphatic heterocycles. The summed E-state index contributed by atoms with van der Waals surface area (Å²) in [5, 5.41) is 22.4. The molecule has 0 radical (unpaired) electrons. The van der Waals surface area contributed by atoms with E-state index in [1.807, 2.05) is 6.07 Å². The molecule has 2 unspecified atom stereocenters. The third kappa shape index (κ3) is 3.81. The third-order valence-corrected chi connectivity index (χ3v) is 4.08. The zero-order valence-electron chi connectivity index (χ0n) is 11.7. The highest BCUT2D eigenvalue weighted by Gasteiger charge is 2.27. The highest BCUT2D eigenvalue weighted by Crippen LogP contribution is 2.24. The number of carbonyl (C=O) groups excluding carboxylic acids is 1. The molecule has 0 spiro atoms. The molecule has 1 aliphatic carbocycles. The predicted octanol–water partition coefficient (Wildman–Crippen LogP) is 1.78. The molecule has 20 heavy (non-hydrogen) atoms. The van der Waals surface area contributed by atoms with E-state index in [9.17, 15) is 15.0 Å². The van der Waals surface area contributed by atoms with Crippen molar-refractivity contribution in [2.75, 3.05) is 6.61 Å². The largest absolute Gasteiger partial charge is 0.396 e. The lowest BCUT2D eigenvalue weighted by molar-refractivity contribution is -0.130. The maximum absolute atomic E-state index is 12.1. The van der Waals surface area contributed by atoms with Gasteiger partial charge >= 0.3 is 0 Å². The van der Waals surface area contributed by atoms with Gasteiger partial charge in [0.25, 0.3) is 5.91 Å². The summed E-state index contributed by atoms with van der Waals surface area (Å²) in [7, 11) is 0. The number of nitrogens with one attached hydrogen (secondary N) is 1. The van der Waals surface area contributed by atoms with Crippen LogP contribution in [0.15, 0.2) is 30.3 Å². The van der Waals surface area contributed by atoms with Gasteiger partial charge in [0.2, 0.25) is 0 Å². The first kappa shape index (κ1) is 15.0. The molecule has 0 bridgehead atoms. The summed E-state index contributed by atoms with van der Waals surface area (Å²) in [5.74, 6) is -0.272. The first-order valence-electron chi connectivity index (χ1n) is 7.36. The van der Waals surface area contributed by atoms with Crippen molar-refractivity contribution < 1.29 is 15.0 Å². The van der Waals surface area contributed by atoms with Gasteiger partial charge in [-0.2, -0.15) is 0 Å². The second-order valence-electron chi connectivity index (χ2n) is 5.51. The van der Waals surface area contributed by atoms with Crippen molar-refractivity contribution in [1.82, 2.24) is 5.32 Å². The molecule has 1 fully saturated rings. The van der Waals surface area contributed by atoms with E-state index in [1.54, 1.807) is 24.3 Å². The number of hydrogen-bond donors (Lipinski definition) is 3. The van der Waals surface area contributed by atoms with Crippen molar-refractivity contribution in [3.63, 3.8) is 0 Å². The number of rotatable bonds is 4. The Balaban J connectivity index is 1.98. The Bertz CT molecular complexity index is 421. The van der Waals surface area contributed by atoms with Gasteiger partial charge in [0.05, 0.1) is 0 Å². The molecule has 1 saturated carbocycles. The van der Waals surface area contributed by atoms with Gasteiger partial charge in [0.1, 0.15) is 0 Å². The van der Waals surface area contributed by atoms with Gasteiger partial charge < -0.3 is 15.5 Å². The Morgan fingerprint density at radius 2 is 1.90 bits per heavy atom. The van der Waals surface area contributed by atoms with Gasteiger partial charge in [-0.15, -0.1) is 0 Å². The number of aliphatic hydroxyl groups excluding tert-OH is 2. The standard InChI is InChI=1S/C16H23NO3/c18-11-13-9-5-2-6-10-14(13)17-16(20)15(19)12-7-3-1-4-8-12/h1,3-4,7-8,13-15,18-19H,2,5-6,9-11H2,(H,17,20)/t13?,14?,15-/m0/s1. The van der Waals surface area contributed by atoms with E-state index in [2.05, 4.69) is 5.32 Å². The molecule has 4 nitrogen and oxygen atoms in total. The molecule has 1 amide bonds. The molecule has 110 valence electrons. The van der Waals surface area contributed by atoms with E-state index < -0.39 is 6.10 Å². The van der Waals surface area contributed by atoms with Crippen LogP contribution in [0.1, 0.15) is 43.8 Å². The van der Waals surface area contributed by atoms with Gasteiger partial charge in [-0.05, 0) is 18.4 Å². The van der Waals surface area contributed by atoms with Crippen LogP contribution in [0.25, 0.3) is 0 Å². The van der Waals surface area contributed by atoms with Crippen molar-refractivity contribution in [3.05, 3.63) is 35.9 Å². The van der Waals surface area contributed by atoms with Crippen LogP contribution < -0.4 is 5.32 Å². The summed E-state index contributed by atoms with van der Waals surface area (Å²) < 4.78 is 0. The van der Waals surface area contributed by atoms with Crippen LogP contribution in [0.5, 0.6) is 0 Å². The maximum atomic E-state index is 12.1. The Hall–Kier alpha value is -1.39. The number of amides is 1. The molecule has 1 aliphatic rings. The van der Waals surface area contributed by atoms with Crippen LogP contribution in [0.2, 0.25) is 0 Å². The molecule has 1 aromatic carbocycles. The van der Waals surface area contributed by atoms with Crippen LogP contribution in [0, 0.1) is 5.92 Å². The predicted molar refractivity (Wildman–Crippen MR) is 77.0 cm³/mol. The molecule has 1 aromatic rings. The van der Waals surface area contributed by atoms with Gasteiger partial charge in [-0.3, -0.25) is 4.79 Å². The Labute approximate surface area is 119 Å². The fourth-order valence-electron chi connectivity index (χ4n) is 2.84. The van der Waals surface area contributed by atoms with Crippen molar-refractivity contribution in [1.29, 1.82) is 0 Å². The Kier molecular flexibility index (Phi) is 5.56. The minimum absolute atomic E-state index is 0.0339. The number of hydrogen-bond acceptors (Lipinski definition) is 3. The molecule has 3 atom stereocenters. The lowest BCUT2D eigenvalue weighted by Crippen LogP contribution is -2.43. The summed E-state index contributed by atoms with van der Waals surface area (Å²) in [4.78, 5) is 12.1. The minimum Gasteiger partial charge on any atom is -0.396 e. The van der Waals surface area contributed by atoms with E-state index in [0.717, 1.165) is 32.1 Å². The van der Waals surface area contributed by atoms with E-state index in [0.29, 0.717) is 5.56 Å². The second-order valence-corrected chi connectivity index (χ2v) is 5.51. The van der Waals surface area contributed by atoms with E-state index in [-0.39, 0.29) is 24.5 Å². The molecular weight excluding hydrogens is 254 g/mol. The lowest BCUT2D eigenvalue weighted by atomic mass is 9.95. The van der Waals surface area contributed by atoms with Crippen LogP contribution >= 0.6 is 0 Å². The summed E-state index contributed by atoms with van der Waals surface area (Å²) in [6, 6.07) is 8.89. The van der Waals surface area contributed by atoms with E-state index in [1.165, 1.54) is 0 Å². The highest BCUT2D eigenvalue weighted by atomic mass is 16.3. The van der Waals surface area contributed by atoms with Gasteiger partial charge in [-0.1, -0.05) is 49.6 Å². The van der Waals surface area contributed by atoms with Gasteiger partial charge in [-0.25, -0.2) is 0 Å². The molecule has 2 rings (SSSR count). The fraction of sp³-hybridized carbons (Fsp3) is 0.562. The Morgan fingerprint density at radius 1 is 1.20 bits per heavy atom. The minimum atomic E-state index is -1.14. The lowest BCUT2D eigenvalue weighted by Gasteiger charge is -2.25. The SMILES string of the molecule is O=C(NC1CCCCCC1CO)[C@@H](O)c1ccccc1. The van der Waals surface area contributed by atoms with Gasteiger partial charge in [0, 0.05) is 18.6 Å². The van der Waals surface area contributed by atoms with E-state index >= 15 is 0 Å². The second kappa shape index (κ2) is 7.41. The van der Waals surface area contributed by atoms with Crippen molar-refractivity contribution >= 4 is 5.91 Å². The topological polar surface area (TPSA) is 69.6 Å². The molecule has 0 aromatic heterocycles. The first-order valence-corrected chi connectivity index (χ1v) is 7.36. The fourth-order valence-corrected chi connectivity index (χ4v) is 2.84. The number of aliphatic hydroxyl groups is 2. The zero-order valence-corrected chi connectivity index (χ0v) is 11.7. The molecule has 0 heterocycles. The molecule has 3 N–H and O–H groups in total. The smallest absolute Gasteiger partial charge is 0.253 e. The van der Waals surface area contributed by atoms with Crippen molar-refractivity contribution in [2.45, 2.75) is 44.2 Å². The quantitative estimate of drug-likeness (QED) is 0.735. The summed E-state index contributed by atoms with van der Waals surface area (Å²) >= 11 is 0. The third-order valence-electron chi connectivity index (χ3n) is 4.08. The maximum Gasteiger partial charge on any atom is 0.253 e. The monoisotopic (exact) mass is 277 g/mol. The zero-order chi connectivity index (χ0) is 14.4. The number of carbonyl (C=O) groups is 1. The average Bonchev–Trinajstić information content (AvgIpc) is 2.72. The van der Waals surface area contributed by atoms with Crippen LogP contribution in [-0.2, 0) is 4.79 Å². The summed E-state index contributed by atoms with van der Waals surface area (Å²) in [5.41, 5.74) is 0.596. The highest BCUT2D eigenvalue weighted by molar-refractivity contribution is 5.82. The van der Waals surface area contributed by atoms with Gasteiger partial charge in [0.15, 0.2) is 6.10 Å². The van der Waals surface area contributed by atoms with Crippen LogP contribution in [0.4, 0.5) is 0 Å². The van der Waals surface area contributed by atoms with Crippen LogP contribution in [0.3, 0.4) is 0 Å². The van der Waals surface area contributed by atoms with Crippen molar-refractivity contribution in [3.8, 4) is 0 Å². The van der Waals surface area contributed by atoms with E-state index in [4.69, 9.17) is 0 Å². The number of benzene rings is 1. The van der Waals surface area contributed by atoms with Crippen molar-refractivity contribution in [2.24, 2.45) is 5.92 Å². The Morgan fingerprint density at radius 3 is 2.60 bits per heavy atom. The average molecular weight is 277 g/mol. The molecule has 4 heteroatoms.